The van der Waals surface area contributed by atoms with Gasteiger partial charge in [0.1, 0.15) is 5.82 Å². The average molecular weight is 448 g/mol. The molecule has 1 heterocycles. The molecule has 1 fully saturated rings. The second-order valence-electron chi connectivity index (χ2n) is 5.81. The van der Waals surface area contributed by atoms with Gasteiger partial charge in [-0.15, -0.1) is 0 Å². The third kappa shape index (κ3) is 4.06. The fraction of sp³-hybridized carbons (Fsp3) is 0.294. The van der Waals surface area contributed by atoms with Crippen molar-refractivity contribution in [3.05, 3.63) is 63.3 Å². The molecule has 0 radical (unpaired) electrons. The molecule has 3 rings (SSSR count). The quantitative estimate of drug-likeness (QED) is 0.717. The summed E-state index contributed by atoms with van der Waals surface area (Å²) in [6, 6.07) is 11.4. The molecule has 0 aromatic heterocycles. The average Bonchev–Trinajstić information content (AvgIpc) is 2.59. The lowest BCUT2D eigenvalue weighted by atomic mass is 10.2. The van der Waals surface area contributed by atoms with E-state index in [2.05, 4.69) is 15.9 Å². The Balaban J connectivity index is 1.69. The predicted molar refractivity (Wildman–Crippen MR) is 99.6 cm³/mol. The van der Waals surface area contributed by atoms with Crippen molar-refractivity contribution in [3.63, 3.8) is 0 Å². The molecule has 0 atom stereocenters. The minimum atomic E-state index is -3.55. The zero-order valence-electron chi connectivity index (χ0n) is 13.3. The first-order valence-electron chi connectivity index (χ1n) is 7.79. The van der Waals surface area contributed by atoms with E-state index < -0.39 is 10.0 Å². The lowest BCUT2D eigenvalue weighted by molar-refractivity contribution is 0.180. The molecule has 4 nitrogen and oxygen atoms in total. The molecule has 25 heavy (non-hydrogen) atoms. The van der Waals surface area contributed by atoms with Crippen molar-refractivity contribution in [1.82, 2.24) is 9.21 Å². The van der Waals surface area contributed by atoms with Crippen LogP contribution in [0, 0.1) is 5.82 Å². The highest BCUT2D eigenvalue weighted by Crippen LogP contribution is 2.26. The van der Waals surface area contributed by atoms with Gasteiger partial charge in [0.05, 0.1) is 4.90 Å². The Morgan fingerprint density at radius 1 is 1.04 bits per heavy atom. The van der Waals surface area contributed by atoms with Crippen LogP contribution in [0.25, 0.3) is 0 Å². The maximum Gasteiger partial charge on any atom is 0.244 e. The van der Waals surface area contributed by atoms with Crippen LogP contribution in [0.5, 0.6) is 0 Å². The van der Waals surface area contributed by atoms with Gasteiger partial charge in [-0.2, -0.15) is 4.31 Å². The highest BCUT2D eigenvalue weighted by Gasteiger charge is 2.30. The predicted octanol–water partition coefficient (Wildman–Crippen LogP) is 3.75. The second kappa shape index (κ2) is 7.72. The third-order valence-corrected chi connectivity index (χ3v) is 7.49. The largest absolute Gasteiger partial charge is 0.296 e. The smallest absolute Gasteiger partial charge is 0.244 e. The number of nitrogens with zero attached hydrogens (tertiary/aromatic N) is 2. The van der Waals surface area contributed by atoms with E-state index in [1.807, 2.05) is 4.90 Å². The third-order valence-electron chi connectivity index (χ3n) is 4.23. The summed E-state index contributed by atoms with van der Waals surface area (Å²) in [5.74, 6) is -0.337. The van der Waals surface area contributed by atoms with Crippen LogP contribution in [0.15, 0.2) is 51.8 Å². The monoisotopic (exact) mass is 446 g/mol. The summed E-state index contributed by atoms with van der Waals surface area (Å²) in [4.78, 5) is 2.27. The van der Waals surface area contributed by atoms with Gasteiger partial charge >= 0.3 is 0 Å². The van der Waals surface area contributed by atoms with Crippen LogP contribution in [0.4, 0.5) is 4.39 Å². The molecule has 0 bridgehead atoms. The van der Waals surface area contributed by atoms with Crippen molar-refractivity contribution in [2.24, 2.45) is 0 Å². The van der Waals surface area contributed by atoms with Gasteiger partial charge in [0, 0.05) is 47.8 Å². The highest BCUT2D eigenvalue weighted by atomic mass is 79.9. The van der Waals surface area contributed by atoms with E-state index in [1.165, 1.54) is 10.4 Å². The molecular weight excluding hydrogens is 431 g/mol. The number of piperazine rings is 1. The highest BCUT2D eigenvalue weighted by molar-refractivity contribution is 9.10. The van der Waals surface area contributed by atoms with Crippen molar-refractivity contribution in [2.45, 2.75) is 11.4 Å². The zero-order valence-corrected chi connectivity index (χ0v) is 16.5. The van der Waals surface area contributed by atoms with E-state index in [4.69, 9.17) is 11.6 Å². The van der Waals surface area contributed by atoms with E-state index in [0.29, 0.717) is 47.8 Å². The van der Waals surface area contributed by atoms with Crippen molar-refractivity contribution >= 4 is 37.6 Å². The number of sulfonamides is 1. The van der Waals surface area contributed by atoms with E-state index in [-0.39, 0.29) is 10.7 Å². The van der Waals surface area contributed by atoms with Gasteiger partial charge in [0.15, 0.2) is 0 Å². The fourth-order valence-electron chi connectivity index (χ4n) is 2.83. The summed E-state index contributed by atoms with van der Waals surface area (Å²) in [6.45, 7) is 2.13. The van der Waals surface area contributed by atoms with Crippen LogP contribution in [-0.2, 0) is 16.6 Å². The maximum atomic E-state index is 13.9. The van der Waals surface area contributed by atoms with Gasteiger partial charge in [0.2, 0.25) is 10.0 Å². The Hall–Kier alpha value is -0.990. The summed E-state index contributed by atoms with van der Waals surface area (Å²) >= 11 is 9.37. The van der Waals surface area contributed by atoms with Crippen molar-refractivity contribution in [3.8, 4) is 0 Å². The minimum absolute atomic E-state index is 0.264. The molecule has 1 aliphatic rings. The van der Waals surface area contributed by atoms with E-state index in [1.54, 1.807) is 36.4 Å². The summed E-state index contributed by atoms with van der Waals surface area (Å²) in [6.07, 6.45) is 0. The fourth-order valence-corrected chi connectivity index (χ4v) is 5.44. The lowest BCUT2D eigenvalue weighted by Gasteiger charge is -2.34. The lowest BCUT2D eigenvalue weighted by Crippen LogP contribution is -2.48. The van der Waals surface area contributed by atoms with Crippen LogP contribution in [0.2, 0.25) is 5.02 Å². The van der Waals surface area contributed by atoms with Gasteiger partial charge in [-0.1, -0.05) is 29.8 Å². The first-order valence-corrected chi connectivity index (χ1v) is 10.4. The Kier molecular flexibility index (Phi) is 5.80. The summed E-state index contributed by atoms with van der Waals surface area (Å²) < 4.78 is 41.5. The van der Waals surface area contributed by atoms with Crippen molar-refractivity contribution in [1.29, 1.82) is 0 Å². The molecule has 1 saturated heterocycles. The van der Waals surface area contributed by atoms with Crippen LogP contribution in [-0.4, -0.2) is 43.8 Å². The number of hydrogen-bond acceptors (Lipinski definition) is 3. The molecule has 0 aliphatic carbocycles. The SMILES string of the molecule is O=S(=O)(c1ccccc1Br)N1CCN(Cc2c(F)cccc2Cl)CC1. The number of benzene rings is 2. The molecule has 0 saturated carbocycles. The molecule has 0 amide bonds. The Labute approximate surface area is 160 Å². The van der Waals surface area contributed by atoms with E-state index in [9.17, 15) is 12.8 Å². The summed E-state index contributed by atoms with van der Waals surface area (Å²) in [7, 11) is -3.55. The van der Waals surface area contributed by atoms with Crippen molar-refractivity contribution in [2.75, 3.05) is 26.2 Å². The van der Waals surface area contributed by atoms with E-state index >= 15 is 0 Å². The van der Waals surface area contributed by atoms with Gasteiger partial charge in [-0.05, 0) is 40.2 Å². The molecule has 0 spiro atoms. The first-order chi connectivity index (χ1) is 11.9. The van der Waals surface area contributed by atoms with Gasteiger partial charge < -0.3 is 0 Å². The zero-order chi connectivity index (χ0) is 18.0. The minimum Gasteiger partial charge on any atom is -0.296 e. The Morgan fingerprint density at radius 3 is 2.36 bits per heavy atom. The number of rotatable bonds is 4. The molecule has 0 unspecified atom stereocenters. The molecule has 2 aromatic rings. The van der Waals surface area contributed by atoms with Gasteiger partial charge in [-0.25, -0.2) is 12.8 Å². The Bertz CT molecular complexity index is 850. The second-order valence-corrected chi connectivity index (χ2v) is 8.98. The maximum absolute atomic E-state index is 13.9. The number of halogens is 3. The number of hydrogen-bond donors (Lipinski definition) is 0. The molecule has 0 N–H and O–H groups in total. The van der Waals surface area contributed by atoms with Crippen LogP contribution in [0.3, 0.4) is 0 Å². The topological polar surface area (TPSA) is 40.6 Å². The molecule has 1 aliphatic heterocycles. The van der Waals surface area contributed by atoms with Crippen LogP contribution >= 0.6 is 27.5 Å². The van der Waals surface area contributed by atoms with Gasteiger partial charge in [0.25, 0.3) is 0 Å². The first kappa shape index (κ1) is 18.8. The van der Waals surface area contributed by atoms with Gasteiger partial charge in [-0.3, -0.25) is 4.90 Å². The molecule has 134 valence electrons. The van der Waals surface area contributed by atoms with Crippen LogP contribution in [0.1, 0.15) is 5.56 Å². The van der Waals surface area contributed by atoms with Crippen LogP contribution < -0.4 is 0 Å². The molecule has 2 aromatic carbocycles. The van der Waals surface area contributed by atoms with Crippen molar-refractivity contribution < 1.29 is 12.8 Å². The normalized spacial score (nSPS) is 16.9. The standard InChI is InChI=1S/C17H17BrClFN2O2S/c18-14-4-1-2-7-17(14)25(23,24)22-10-8-21(9-11-22)12-13-15(19)5-3-6-16(13)20/h1-7H,8-12H2. The molecular formula is C17H17BrClFN2O2S. The summed E-state index contributed by atoms with van der Waals surface area (Å²) in [5, 5.41) is 0.392. The summed E-state index contributed by atoms with van der Waals surface area (Å²) in [5.41, 5.74) is 0.450. The van der Waals surface area contributed by atoms with E-state index in [0.717, 1.165) is 0 Å². The molecule has 8 heteroatoms. The Morgan fingerprint density at radius 2 is 1.72 bits per heavy atom.